The quantitative estimate of drug-likeness (QED) is 0.538. The number of hydrogen-bond donors (Lipinski definition) is 0. The molecule has 0 saturated carbocycles. The zero-order chi connectivity index (χ0) is 16.4. The van der Waals surface area contributed by atoms with E-state index in [-0.39, 0.29) is 0 Å². The maximum atomic E-state index is 6.35. The lowest BCUT2D eigenvalue weighted by Gasteiger charge is -2.05. The Morgan fingerprint density at radius 1 is 0.870 bits per heavy atom. The molecule has 2 aromatic carbocycles. The van der Waals surface area contributed by atoms with Crippen molar-refractivity contribution in [2.24, 2.45) is 0 Å². The van der Waals surface area contributed by atoms with Gasteiger partial charge < -0.3 is 4.74 Å². The predicted molar refractivity (Wildman–Crippen MR) is 98.7 cm³/mol. The summed E-state index contributed by atoms with van der Waals surface area (Å²) in [5, 5.41) is 2.54. The second kappa shape index (κ2) is 6.79. The molecule has 0 spiro atoms. The number of nitrogens with zero attached hydrogens (tertiary/aromatic N) is 1. The van der Waals surface area contributed by atoms with Gasteiger partial charge in [0.1, 0.15) is 5.75 Å². The van der Waals surface area contributed by atoms with Crippen molar-refractivity contribution in [3.8, 4) is 5.75 Å². The fraction of sp³-hybridized carbons (Fsp3) is 0.0556. The van der Waals surface area contributed by atoms with Crippen LogP contribution in [0, 0.1) is 0 Å². The van der Waals surface area contributed by atoms with Crippen LogP contribution in [0.2, 0.25) is 15.1 Å². The van der Waals surface area contributed by atoms with Gasteiger partial charge in [0.2, 0.25) is 0 Å². The molecule has 1 aromatic heterocycles. The highest BCUT2D eigenvalue weighted by atomic mass is 35.5. The van der Waals surface area contributed by atoms with Crippen LogP contribution in [0.25, 0.3) is 23.1 Å². The highest BCUT2D eigenvalue weighted by molar-refractivity contribution is 6.42. The molecule has 0 aliphatic rings. The molecule has 0 atom stereocenters. The van der Waals surface area contributed by atoms with Crippen LogP contribution in [0.5, 0.6) is 5.75 Å². The number of hydrogen-bond acceptors (Lipinski definition) is 2. The van der Waals surface area contributed by atoms with Gasteiger partial charge >= 0.3 is 0 Å². The summed E-state index contributed by atoms with van der Waals surface area (Å²) in [5.41, 5.74) is 2.51. The predicted octanol–water partition coefficient (Wildman–Crippen LogP) is 6.37. The summed E-state index contributed by atoms with van der Waals surface area (Å²) in [4.78, 5) is 4.58. The monoisotopic (exact) mass is 363 g/mol. The van der Waals surface area contributed by atoms with Gasteiger partial charge in [0.05, 0.1) is 33.4 Å². The van der Waals surface area contributed by atoms with Crippen molar-refractivity contribution in [2.45, 2.75) is 0 Å². The Balaban J connectivity index is 1.96. The molecule has 0 fully saturated rings. The summed E-state index contributed by atoms with van der Waals surface area (Å²) in [6.45, 7) is 0. The molecule has 0 bridgehead atoms. The van der Waals surface area contributed by atoms with Gasteiger partial charge in [-0.2, -0.15) is 0 Å². The molecule has 0 N–H and O–H groups in total. The van der Waals surface area contributed by atoms with Crippen molar-refractivity contribution in [3.05, 3.63) is 68.8 Å². The van der Waals surface area contributed by atoms with Crippen LogP contribution in [0.3, 0.4) is 0 Å². The zero-order valence-electron chi connectivity index (χ0n) is 12.2. The first-order valence-corrected chi connectivity index (χ1v) is 7.97. The van der Waals surface area contributed by atoms with Gasteiger partial charge in [-0.15, -0.1) is 0 Å². The average molecular weight is 365 g/mol. The number of pyridine rings is 1. The van der Waals surface area contributed by atoms with Gasteiger partial charge in [-0.1, -0.05) is 46.9 Å². The lowest BCUT2D eigenvalue weighted by molar-refractivity contribution is 0.415. The van der Waals surface area contributed by atoms with E-state index in [0.29, 0.717) is 15.1 Å². The van der Waals surface area contributed by atoms with Crippen molar-refractivity contribution >= 4 is 57.9 Å². The number of ether oxygens (including phenoxy) is 1. The molecule has 0 aliphatic heterocycles. The van der Waals surface area contributed by atoms with Crippen molar-refractivity contribution in [2.75, 3.05) is 7.11 Å². The third-order valence-corrected chi connectivity index (χ3v) is 4.43. The zero-order valence-corrected chi connectivity index (χ0v) is 14.5. The molecule has 5 heteroatoms. The molecule has 0 saturated heterocycles. The Morgan fingerprint density at radius 2 is 1.70 bits per heavy atom. The third-order valence-electron chi connectivity index (χ3n) is 3.38. The minimum absolute atomic E-state index is 0.519. The van der Waals surface area contributed by atoms with E-state index in [9.17, 15) is 0 Å². The van der Waals surface area contributed by atoms with Gasteiger partial charge in [-0.25, -0.2) is 4.98 Å². The van der Waals surface area contributed by atoms with E-state index >= 15 is 0 Å². The molecule has 0 radical (unpaired) electrons. The Hall–Kier alpha value is -1.74. The topological polar surface area (TPSA) is 22.1 Å². The number of rotatable bonds is 3. The highest BCUT2D eigenvalue weighted by Crippen LogP contribution is 2.28. The number of halogens is 3. The van der Waals surface area contributed by atoms with E-state index in [2.05, 4.69) is 4.98 Å². The minimum atomic E-state index is 0.519. The Kier molecular flexibility index (Phi) is 4.76. The Labute approximate surface area is 149 Å². The first-order chi connectivity index (χ1) is 11.1. The molecule has 3 rings (SSSR count). The molecule has 3 aromatic rings. The lowest BCUT2D eigenvalue weighted by atomic mass is 10.1. The van der Waals surface area contributed by atoms with Crippen molar-refractivity contribution < 1.29 is 4.74 Å². The summed E-state index contributed by atoms with van der Waals surface area (Å²) in [6, 6.07) is 12.9. The maximum absolute atomic E-state index is 6.35. The van der Waals surface area contributed by atoms with Crippen LogP contribution in [0.4, 0.5) is 0 Å². The molecule has 0 amide bonds. The van der Waals surface area contributed by atoms with Crippen LogP contribution in [0.1, 0.15) is 11.3 Å². The van der Waals surface area contributed by atoms with E-state index in [1.807, 2.05) is 42.5 Å². The molecule has 116 valence electrons. The largest absolute Gasteiger partial charge is 0.497 e. The van der Waals surface area contributed by atoms with Crippen LogP contribution >= 0.6 is 34.8 Å². The molecular weight excluding hydrogens is 353 g/mol. The fourth-order valence-electron chi connectivity index (χ4n) is 2.19. The highest BCUT2D eigenvalue weighted by Gasteiger charge is 2.04. The third kappa shape index (κ3) is 3.61. The van der Waals surface area contributed by atoms with Gasteiger partial charge in [0.15, 0.2) is 0 Å². The lowest BCUT2D eigenvalue weighted by Crippen LogP contribution is -1.87. The summed E-state index contributed by atoms with van der Waals surface area (Å²) in [7, 11) is 1.62. The Bertz CT molecular complexity index is 906. The van der Waals surface area contributed by atoms with Crippen LogP contribution in [0.15, 0.2) is 42.5 Å². The number of methoxy groups -OCH3 is 1. The Morgan fingerprint density at radius 3 is 2.43 bits per heavy atom. The van der Waals surface area contributed by atoms with Gasteiger partial charge in [0.25, 0.3) is 0 Å². The van der Waals surface area contributed by atoms with E-state index in [0.717, 1.165) is 27.9 Å². The van der Waals surface area contributed by atoms with Crippen LogP contribution in [-0.4, -0.2) is 12.1 Å². The van der Waals surface area contributed by atoms with Gasteiger partial charge in [-0.05, 0) is 48.0 Å². The second-order valence-corrected chi connectivity index (χ2v) is 6.14. The van der Waals surface area contributed by atoms with Gasteiger partial charge in [0, 0.05) is 5.39 Å². The summed E-state index contributed by atoms with van der Waals surface area (Å²) >= 11 is 18.3. The first kappa shape index (κ1) is 16.1. The summed E-state index contributed by atoms with van der Waals surface area (Å²) < 4.78 is 5.21. The van der Waals surface area contributed by atoms with E-state index in [1.54, 1.807) is 19.2 Å². The number of aromatic nitrogens is 1. The number of benzene rings is 2. The molecule has 0 unspecified atom stereocenters. The van der Waals surface area contributed by atoms with Crippen molar-refractivity contribution in [1.82, 2.24) is 4.98 Å². The van der Waals surface area contributed by atoms with Crippen LogP contribution < -0.4 is 4.74 Å². The molecular formula is C18H12Cl3NO. The van der Waals surface area contributed by atoms with E-state index < -0.39 is 0 Å². The first-order valence-electron chi connectivity index (χ1n) is 6.84. The summed E-state index contributed by atoms with van der Waals surface area (Å²) in [6.07, 6.45) is 3.80. The molecule has 0 aliphatic carbocycles. The normalized spacial score (nSPS) is 11.3. The van der Waals surface area contributed by atoms with Crippen LogP contribution in [-0.2, 0) is 0 Å². The average Bonchev–Trinajstić information content (AvgIpc) is 2.56. The van der Waals surface area contributed by atoms with Crippen molar-refractivity contribution in [3.63, 3.8) is 0 Å². The van der Waals surface area contributed by atoms with E-state index in [4.69, 9.17) is 39.5 Å². The smallest absolute Gasteiger partial charge is 0.119 e. The molecule has 2 nitrogen and oxygen atoms in total. The van der Waals surface area contributed by atoms with E-state index in [1.165, 1.54) is 0 Å². The molecule has 23 heavy (non-hydrogen) atoms. The SMILES string of the molecule is COc1ccc2nc(/C=C/c3ccc(Cl)c(Cl)c3)cc(Cl)c2c1. The van der Waals surface area contributed by atoms with Crippen molar-refractivity contribution in [1.29, 1.82) is 0 Å². The molecule has 1 heterocycles. The van der Waals surface area contributed by atoms with Gasteiger partial charge in [-0.3, -0.25) is 0 Å². The maximum Gasteiger partial charge on any atom is 0.119 e. The number of fused-ring (bicyclic) bond motifs is 1. The standard InChI is InChI=1S/C18H12Cl3NO/c1-23-13-5-7-18-14(10-13)16(20)9-12(22-18)4-2-11-3-6-15(19)17(21)8-11/h2-10H,1H3/b4-2+. The minimum Gasteiger partial charge on any atom is -0.497 e. The fourth-order valence-corrected chi connectivity index (χ4v) is 2.76. The second-order valence-electron chi connectivity index (χ2n) is 4.92. The summed E-state index contributed by atoms with van der Waals surface area (Å²) in [5.74, 6) is 0.750.